The Hall–Kier alpha value is -1.49. The van der Waals surface area contributed by atoms with Crippen molar-refractivity contribution in [1.29, 1.82) is 0 Å². The SMILES string of the molecule is CC(=O)C[C@H](O)[C@H]1CC(=O)O[C@@H]1C1=C(C)CCC1=O. The van der Waals surface area contributed by atoms with E-state index in [1.54, 1.807) is 0 Å². The Balaban J connectivity index is 2.23. The fourth-order valence-electron chi connectivity index (χ4n) is 2.84. The second-order valence-electron chi connectivity index (χ2n) is 5.37. The van der Waals surface area contributed by atoms with Gasteiger partial charge >= 0.3 is 5.97 Å². The molecule has 1 N–H and O–H groups in total. The zero-order valence-corrected chi connectivity index (χ0v) is 11.1. The van der Waals surface area contributed by atoms with E-state index in [2.05, 4.69) is 0 Å². The molecule has 104 valence electrons. The van der Waals surface area contributed by atoms with Crippen LogP contribution in [0.15, 0.2) is 11.1 Å². The van der Waals surface area contributed by atoms with Crippen LogP contribution in [0.4, 0.5) is 0 Å². The summed E-state index contributed by atoms with van der Waals surface area (Å²) in [5, 5.41) is 10.1. The number of allylic oxidation sites excluding steroid dienone is 1. The predicted molar refractivity (Wildman–Crippen MR) is 66.2 cm³/mol. The molecule has 0 radical (unpaired) electrons. The number of hydrogen-bond acceptors (Lipinski definition) is 5. The van der Waals surface area contributed by atoms with Crippen molar-refractivity contribution < 1.29 is 24.2 Å². The first-order valence-electron chi connectivity index (χ1n) is 6.50. The number of hydrogen-bond donors (Lipinski definition) is 1. The zero-order chi connectivity index (χ0) is 14.2. The Labute approximate surface area is 111 Å². The van der Waals surface area contributed by atoms with Crippen LogP contribution in [0.5, 0.6) is 0 Å². The molecular formula is C14H18O5. The molecule has 1 aliphatic carbocycles. The summed E-state index contributed by atoms with van der Waals surface area (Å²) < 4.78 is 5.21. The van der Waals surface area contributed by atoms with Crippen molar-refractivity contribution in [3.63, 3.8) is 0 Å². The van der Waals surface area contributed by atoms with E-state index in [-0.39, 0.29) is 24.4 Å². The zero-order valence-electron chi connectivity index (χ0n) is 11.1. The molecule has 0 unspecified atom stereocenters. The van der Waals surface area contributed by atoms with Gasteiger partial charge in [-0.15, -0.1) is 0 Å². The highest BCUT2D eigenvalue weighted by Crippen LogP contribution is 2.37. The minimum atomic E-state index is -0.942. The first kappa shape index (κ1) is 13.9. The number of aliphatic hydroxyl groups excluding tert-OH is 1. The summed E-state index contributed by atoms with van der Waals surface area (Å²) in [5.41, 5.74) is 1.45. The molecule has 1 fully saturated rings. The minimum Gasteiger partial charge on any atom is -0.457 e. The fourth-order valence-corrected chi connectivity index (χ4v) is 2.84. The van der Waals surface area contributed by atoms with Crippen molar-refractivity contribution in [3.05, 3.63) is 11.1 Å². The van der Waals surface area contributed by atoms with Crippen LogP contribution >= 0.6 is 0 Å². The third kappa shape index (κ3) is 2.76. The van der Waals surface area contributed by atoms with Crippen LogP contribution < -0.4 is 0 Å². The number of Topliss-reactive ketones (excluding diaryl/α,β-unsaturated/α-hetero) is 2. The number of aliphatic hydroxyl groups is 1. The minimum absolute atomic E-state index is 0.0156. The largest absolute Gasteiger partial charge is 0.457 e. The van der Waals surface area contributed by atoms with E-state index in [1.165, 1.54) is 6.92 Å². The van der Waals surface area contributed by atoms with Crippen LogP contribution in [0.25, 0.3) is 0 Å². The van der Waals surface area contributed by atoms with Crippen LogP contribution in [0, 0.1) is 5.92 Å². The first-order chi connectivity index (χ1) is 8.90. The first-order valence-corrected chi connectivity index (χ1v) is 6.50. The molecule has 0 amide bonds. The number of carbonyl (C=O) groups excluding carboxylic acids is 3. The predicted octanol–water partition coefficient (Wildman–Crippen LogP) is 0.938. The molecule has 5 nitrogen and oxygen atoms in total. The Morgan fingerprint density at radius 1 is 1.42 bits per heavy atom. The lowest BCUT2D eigenvalue weighted by atomic mass is 9.86. The smallest absolute Gasteiger partial charge is 0.306 e. The van der Waals surface area contributed by atoms with Gasteiger partial charge in [0.1, 0.15) is 11.9 Å². The molecular weight excluding hydrogens is 248 g/mol. The van der Waals surface area contributed by atoms with E-state index >= 15 is 0 Å². The molecule has 5 heteroatoms. The normalized spacial score (nSPS) is 28.8. The van der Waals surface area contributed by atoms with Gasteiger partial charge in [0.05, 0.1) is 12.5 Å². The summed E-state index contributed by atoms with van der Waals surface area (Å²) in [4.78, 5) is 34.4. The fraction of sp³-hybridized carbons (Fsp3) is 0.643. The van der Waals surface area contributed by atoms with Crippen LogP contribution in [-0.4, -0.2) is 34.9 Å². The van der Waals surface area contributed by atoms with Crippen molar-refractivity contribution >= 4 is 17.5 Å². The standard InChI is InChI=1S/C14H18O5/c1-7-3-4-10(16)13(7)14-9(6-12(18)19-14)11(17)5-8(2)15/h9,11,14,17H,3-6H2,1-2H3/t9-,11+,14+/m1/s1. The summed E-state index contributed by atoms with van der Waals surface area (Å²) in [6.07, 6.45) is -0.469. The highest BCUT2D eigenvalue weighted by Gasteiger charge is 2.45. The van der Waals surface area contributed by atoms with Crippen molar-refractivity contribution in [2.75, 3.05) is 0 Å². The van der Waals surface area contributed by atoms with Crippen molar-refractivity contribution in [2.45, 2.75) is 51.7 Å². The van der Waals surface area contributed by atoms with E-state index in [9.17, 15) is 19.5 Å². The summed E-state index contributed by atoms with van der Waals surface area (Å²) in [6.45, 7) is 3.24. The Kier molecular flexibility index (Phi) is 3.85. The second-order valence-corrected chi connectivity index (χ2v) is 5.37. The number of cyclic esters (lactones) is 1. The number of rotatable bonds is 4. The van der Waals surface area contributed by atoms with Gasteiger partial charge < -0.3 is 9.84 Å². The summed E-state index contributed by atoms with van der Waals surface area (Å²) in [7, 11) is 0. The van der Waals surface area contributed by atoms with E-state index in [1.807, 2.05) is 6.92 Å². The lowest BCUT2D eigenvalue weighted by Crippen LogP contribution is -2.32. The van der Waals surface area contributed by atoms with Gasteiger partial charge in [0.25, 0.3) is 0 Å². The third-order valence-electron chi connectivity index (χ3n) is 3.81. The molecule has 0 spiro atoms. The van der Waals surface area contributed by atoms with Crippen LogP contribution in [-0.2, 0) is 19.1 Å². The molecule has 19 heavy (non-hydrogen) atoms. The van der Waals surface area contributed by atoms with Gasteiger partial charge in [-0.1, -0.05) is 5.57 Å². The summed E-state index contributed by atoms with van der Waals surface area (Å²) >= 11 is 0. The van der Waals surface area contributed by atoms with E-state index < -0.39 is 24.1 Å². The molecule has 0 aromatic carbocycles. The third-order valence-corrected chi connectivity index (χ3v) is 3.81. The maximum absolute atomic E-state index is 11.9. The lowest BCUT2D eigenvalue weighted by molar-refractivity contribution is -0.140. The van der Waals surface area contributed by atoms with Crippen molar-refractivity contribution in [2.24, 2.45) is 5.92 Å². The molecule has 2 rings (SSSR count). The van der Waals surface area contributed by atoms with Gasteiger partial charge in [-0.25, -0.2) is 0 Å². The monoisotopic (exact) mass is 266 g/mol. The Morgan fingerprint density at radius 3 is 2.63 bits per heavy atom. The highest BCUT2D eigenvalue weighted by molar-refractivity contribution is 6.00. The number of ketones is 2. The summed E-state index contributed by atoms with van der Waals surface area (Å²) in [5.74, 6) is -1.08. The maximum Gasteiger partial charge on any atom is 0.306 e. The van der Waals surface area contributed by atoms with Crippen LogP contribution in [0.1, 0.15) is 39.5 Å². The average molecular weight is 266 g/mol. The molecule has 0 aromatic heterocycles. The molecule has 2 aliphatic rings. The summed E-state index contributed by atoms with van der Waals surface area (Å²) in [6, 6.07) is 0. The van der Waals surface area contributed by atoms with Gasteiger partial charge in [0.15, 0.2) is 5.78 Å². The molecule has 1 heterocycles. The second kappa shape index (κ2) is 5.25. The quantitative estimate of drug-likeness (QED) is 0.766. The van der Waals surface area contributed by atoms with Crippen molar-refractivity contribution in [1.82, 2.24) is 0 Å². The van der Waals surface area contributed by atoms with E-state index in [4.69, 9.17) is 4.74 Å². The van der Waals surface area contributed by atoms with E-state index in [0.29, 0.717) is 18.4 Å². The average Bonchev–Trinajstić information content (AvgIpc) is 2.81. The van der Waals surface area contributed by atoms with Gasteiger partial charge in [-0.05, 0) is 20.3 Å². The topological polar surface area (TPSA) is 80.7 Å². The maximum atomic E-state index is 11.9. The number of esters is 1. The van der Waals surface area contributed by atoms with Gasteiger partial charge in [0, 0.05) is 24.3 Å². The Bertz CT molecular complexity index is 462. The highest BCUT2D eigenvalue weighted by atomic mass is 16.6. The number of ether oxygens (including phenoxy) is 1. The Morgan fingerprint density at radius 2 is 2.11 bits per heavy atom. The number of carbonyl (C=O) groups is 3. The molecule has 0 bridgehead atoms. The molecule has 3 atom stereocenters. The van der Waals surface area contributed by atoms with E-state index in [0.717, 1.165) is 5.57 Å². The van der Waals surface area contributed by atoms with Crippen molar-refractivity contribution in [3.8, 4) is 0 Å². The van der Waals surface area contributed by atoms with Gasteiger partial charge in [-0.2, -0.15) is 0 Å². The van der Waals surface area contributed by atoms with Crippen LogP contribution in [0.3, 0.4) is 0 Å². The molecule has 1 aliphatic heterocycles. The van der Waals surface area contributed by atoms with Gasteiger partial charge in [-0.3, -0.25) is 14.4 Å². The molecule has 0 saturated carbocycles. The molecule has 0 aromatic rings. The lowest BCUT2D eigenvalue weighted by Gasteiger charge is -2.23. The van der Waals surface area contributed by atoms with Crippen LogP contribution in [0.2, 0.25) is 0 Å². The molecule has 1 saturated heterocycles. The van der Waals surface area contributed by atoms with Gasteiger partial charge in [0.2, 0.25) is 0 Å².